The van der Waals surface area contributed by atoms with Crippen molar-refractivity contribution >= 4 is 5.97 Å². The minimum Gasteiger partial charge on any atom is -0.393 e. The number of benzene rings is 3. The first kappa shape index (κ1) is 31.5. The van der Waals surface area contributed by atoms with Crippen molar-refractivity contribution in [3.05, 3.63) is 107 Å². The van der Waals surface area contributed by atoms with Gasteiger partial charge in [-0.3, -0.25) is 0 Å². The normalized spacial score (nSPS) is 21.5. The summed E-state index contributed by atoms with van der Waals surface area (Å²) in [4.78, 5) is 19.1. The Hall–Kier alpha value is -3.41. The Balaban J connectivity index is 1.71. The average molecular weight is 596 g/mol. The van der Waals surface area contributed by atoms with Crippen molar-refractivity contribution in [3.8, 4) is 0 Å². The lowest BCUT2D eigenvalue weighted by Crippen LogP contribution is -2.56. The Bertz CT molecular complexity index is 1310. The van der Waals surface area contributed by atoms with E-state index in [1.807, 2.05) is 0 Å². The first-order valence-corrected chi connectivity index (χ1v) is 13.4. The van der Waals surface area contributed by atoms with Crippen LogP contribution < -0.4 is 0 Å². The molecule has 0 spiro atoms. The van der Waals surface area contributed by atoms with E-state index in [1.165, 1.54) is 12.0 Å². The summed E-state index contributed by atoms with van der Waals surface area (Å²) < 4.78 is 87.0. The first-order valence-electron chi connectivity index (χ1n) is 13.4. The molecule has 4 rings (SSSR count). The second-order valence-electron chi connectivity index (χ2n) is 10.5. The van der Waals surface area contributed by atoms with Gasteiger partial charge < -0.3 is 14.7 Å². The lowest BCUT2D eigenvalue weighted by atomic mass is 9.78. The number of alkyl halides is 6. The number of rotatable bonds is 8. The van der Waals surface area contributed by atoms with Gasteiger partial charge >= 0.3 is 18.3 Å². The van der Waals surface area contributed by atoms with Crippen LogP contribution in [0.25, 0.3) is 0 Å². The molecular formula is C31H31F6NO4. The molecule has 42 heavy (non-hydrogen) atoms. The molecule has 1 aliphatic rings. The number of halogens is 6. The van der Waals surface area contributed by atoms with Gasteiger partial charge in [0.2, 0.25) is 0 Å². The number of nitrogens with zero attached hydrogens (tertiary/aromatic N) is 1. The van der Waals surface area contributed by atoms with Crippen molar-refractivity contribution in [2.75, 3.05) is 13.2 Å². The van der Waals surface area contributed by atoms with Crippen molar-refractivity contribution in [3.63, 3.8) is 0 Å². The van der Waals surface area contributed by atoms with Crippen molar-refractivity contribution in [2.24, 2.45) is 5.92 Å². The quantitative estimate of drug-likeness (QED) is 0.273. The molecule has 4 atom stereocenters. The fraction of sp³-hybridized carbons (Fsp3) is 0.387. The molecule has 0 bridgehead atoms. The number of carbonyl (C=O) groups is 1. The Kier molecular flexibility index (Phi) is 9.34. The summed E-state index contributed by atoms with van der Waals surface area (Å²) in [6, 6.07) is 18.5. The number of hydrogen-bond acceptors (Lipinski definition) is 5. The third-order valence-electron chi connectivity index (χ3n) is 7.65. The maximum atomic E-state index is 13.5. The standard InChI is InChI=1S/C31H31F6NO4/c1-20(39)23-13-14-29(25-11-7-4-8-12-25,38(18-23)42-28(40)22-9-5-3-6-10-22)19-41-21(2)24-15-26(30(32,33)34)17-27(16-24)31(35,36)37/h3-12,15-17,20-21,23,39H,13-14,18-19H2,1-2H3/t20?,21-,23?,29-/m1/s1. The molecule has 0 radical (unpaired) electrons. The molecule has 1 saturated heterocycles. The van der Waals surface area contributed by atoms with Gasteiger partial charge in [-0.25, -0.2) is 4.79 Å². The van der Waals surface area contributed by atoms with Gasteiger partial charge in [-0.1, -0.05) is 48.5 Å². The SMILES string of the molecule is CC(O)C1CC[C@@](CO[C@H](C)c2cc(C(F)(F)F)cc(C(F)(F)F)c2)(c2ccccc2)N(OC(=O)c2ccccc2)C1. The number of hydroxylamine groups is 2. The van der Waals surface area contributed by atoms with Crippen LogP contribution in [-0.2, 0) is 27.5 Å². The van der Waals surface area contributed by atoms with Gasteiger partial charge in [0, 0.05) is 12.5 Å². The molecule has 1 aliphatic heterocycles. The van der Waals surface area contributed by atoms with Crippen molar-refractivity contribution < 1.29 is 45.8 Å². The fourth-order valence-corrected chi connectivity index (χ4v) is 5.11. The zero-order valence-electron chi connectivity index (χ0n) is 23.0. The van der Waals surface area contributed by atoms with Gasteiger partial charge in [-0.2, -0.15) is 26.3 Å². The zero-order valence-corrected chi connectivity index (χ0v) is 23.0. The van der Waals surface area contributed by atoms with Crippen LogP contribution in [-0.4, -0.2) is 35.4 Å². The summed E-state index contributed by atoms with van der Waals surface area (Å²) >= 11 is 0. The van der Waals surface area contributed by atoms with E-state index >= 15 is 0 Å². The van der Waals surface area contributed by atoms with E-state index in [9.17, 15) is 36.2 Å². The molecular weight excluding hydrogens is 564 g/mol. The summed E-state index contributed by atoms with van der Waals surface area (Å²) in [6.45, 7) is 2.88. The van der Waals surface area contributed by atoms with Gasteiger partial charge in [-0.05, 0) is 68.1 Å². The van der Waals surface area contributed by atoms with E-state index in [0.29, 0.717) is 30.5 Å². The van der Waals surface area contributed by atoms with E-state index in [4.69, 9.17) is 9.57 Å². The van der Waals surface area contributed by atoms with Crippen LogP contribution in [0.5, 0.6) is 0 Å². The second-order valence-corrected chi connectivity index (χ2v) is 10.5. The van der Waals surface area contributed by atoms with Gasteiger partial charge in [0.1, 0.15) is 5.54 Å². The molecule has 1 N–H and O–H groups in total. The predicted molar refractivity (Wildman–Crippen MR) is 142 cm³/mol. The van der Waals surface area contributed by atoms with Gasteiger partial charge in [0.25, 0.3) is 0 Å². The molecule has 1 fully saturated rings. The van der Waals surface area contributed by atoms with Crippen LogP contribution in [0.3, 0.4) is 0 Å². The average Bonchev–Trinajstić information content (AvgIpc) is 2.96. The van der Waals surface area contributed by atoms with E-state index in [1.54, 1.807) is 67.6 Å². The molecule has 0 aliphatic carbocycles. The lowest BCUT2D eigenvalue weighted by Gasteiger charge is -2.48. The molecule has 3 aromatic rings. The minimum atomic E-state index is -5.00. The molecule has 3 aromatic carbocycles. The van der Waals surface area contributed by atoms with Crippen molar-refractivity contribution in [1.29, 1.82) is 0 Å². The highest BCUT2D eigenvalue weighted by molar-refractivity contribution is 5.89. The molecule has 5 nitrogen and oxygen atoms in total. The smallest absolute Gasteiger partial charge is 0.393 e. The summed E-state index contributed by atoms with van der Waals surface area (Å²) in [7, 11) is 0. The van der Waals surface area contributed by atoms with Crippen LogP contribution in [0.4, 0.5) is 26.3 Å². The summed E-state index contributed by atoms with van der Waals surface area (Å²) in [5, 5.41) is 11.8. The third kappa shape index (κ3) is 7.14. The highest BCUT2D eigenvalue weighted by atomic mass is 19.4. The van der Waals surface area contributed by atoms with E-state index in [2.05, 4.69) is 0 Å². The zero-order chi connectivity index (χ0) is 30.7. The summed E-state index contributed by atoms with van der Waals surface area (Å²) in [5.41, 5.74) is -3.38. The van der Waals surface area contributed by atoms with Gasteiger partial charge in [-0.15, -0.1) is 5.06 Å². The summed E-state index contributed by atoms with van der Waals surface area (Å²) in [5.74, 6) is -0.941. The maximum Gasteiger partial charge on any atom is 0.416 e. The maximum absolute atomic E-state index is 13.5. The lowest BCUT2D eigenvalue weighted by molar-refractivity contribution is -0.233. The van der Waals surface area contributed by atoms with Crippen molar-refractivity contribution in [1.82, 2.24) is 5.06 Å². The monoisotopic (exact) mass is 595 g/mol. The van der Waals surface area contributed by atoms with Crippen LogP contribution in [0.1, 0.15) is 65.4 Å². The molecule has 0 amide bonds. The summed E-state index contributed by atoms with van der Waals surface area (Å²) in [6.07, 6.45) is -11.1. The van der Waals surface area contributed by atoms with Crippen molar-refractivity contribution in [2.45, 2.75) is 56.8 Å². The number of hydrogen-bond donors (Lipinski definition) is 1. The van der Waals surface area contributed by atoms with E-state index in [0.717, 1.165) is 0 Å². The number of piperidine rings is 1. The Morgan fingerprint density at radius 1 is 0.929 bits per heavy atom. The van der Waals surface area contributed by atoms with Gasteiger partial charge in [0.05, 0.1) is 35.5 Å². The Morgan fingerprint density at radius 2 is 1.48 bits per heavy atom. The molecule has 2 unspecified atom stereocenters. The van der Waals surface area contributed by atoms with E-state index < -0.39 is 47.2 Å². The largest absolute Gasteiger partial charge is 0.416 e. The number of aliphatic hydroxyl groups excluding tert-OH is 1. The molecule has 226 valence electrons. The highest BCUT2D eigenvalue weighted by Gasteiger charge is 2.47. The predicted octanol–water partition coefficient (Wildman–Crippen LogP) is 7.56. The first-order chi connectivity index (χ1) is 19.7. The molecule has 0 aromatic heterocycles. The van der Waals surface area contributed by atoms with Crippen LogP contribution in [0.2, 0.25) is 0 Å². The molecule has 0 saturated carbocycles. The molecule has 11 heteroatoms. The Labute approximate surface area is 239 Å². The number of carbonyl (C=O) groups excluding carboxylic acids is 1. The topological polar surface area (TPSA) is 59.0 Å². The second kappa shape index (κ2) is 12.4. The van der Waals surface area contributed by atoms with Crippen LogP contribution >= 0.6 is 0 Å². The van der Waals surface area contributed by atoms with Crippen LogP contribution in [0.15, 0.2) is 78.9 Å². The van der Waals surface area contributed by atoms with Gasteiger partial charge in [0.15, 0.2) is 0 Å². The van der Waals surface area contributed by atoms with E-state index in [-0.39, 0.29) is 36.3 Å². The minimum absolute atomic E-state index is 0.0732. The van der Waals surface area contributed by atoms with Crippen LogP contribution in [0, 0.1) is 5.92 Å². The third-order valence-corrected chi connectivity index (χ3v) is 7.65. The highest BCUT2D eigenvalue weighted by Crippen LogP contribution is 2.43. The fourth-order valence-electron chi connectivity index (χ4n) is 5.11. The number of ether oxygens (including phenoxy) is 1. The number of aliphatic hydroxyl groups is 1. The Morgan fingerprint density at radius 3 is 2.00 bits per heavy atom. The molecule has 1 heterocycles.